The van der Waals surface area contributed by atoms with E-state index < -0.39 is 0 Å². The third kappa shape index (κ3) is 1.72. The van der Waals surface area contributed by atoms with Crippen molar-refractivity contribution in [3.8, 4) is 0 Å². The van der Waals surface area contributed by atoms with Crippen LogP contribution in [0.5, 0.6) is 0 Å². The summed E-state index contributed by atoms with van der Waals surface area (Å²) >= 11 is 0. The molecule has 0 saturated heterocycles. The van der Waals surface area contributed by atoms with Crippen molar-refractivity contribution >= 4 is 0 Å². The van der Waals surface area contributed by atoms with Gasteiger partial charge in [-0.2, -0.15) is 0 Å². The average molecular weight is 228 g/mol. The van der Waals surface area contributed by atoms with Crippen LogP contribution in [0.25, 0.3) is 0 Å². The fourth-order valence-electron chi connectivity index (χ4n) is 5.10. The van der Waals surface area contributed by atoms with Crippen LogP contribution < -0.4 is 0 Å². The molecule has 0 nitrogen and oxygen atoms in total. The topological polar surface area (TPSA) is 0 Å². The van der Waals surface area contributed by atoms with Crippen LogP contribution in [0.1, 0.15) is 44.9 Å². The molecule has 3 saturated carbocycles. The molecular weight excluding hydrogens is 204 g/mol. The third-order valence-corrected chi connectivity index (χ3v) is 6.06. The van der Waals surface area contributed by atoms with Gasteiger partial charge in [0.25, 0.3) is 0 Å². The molecule has 0 heteroatoms. The second kappa shape index (κ2) is 4.00. The van der Waals surface area contributed by atoms with Gasteiger partial charge in [0.05, 0.1) is 0 Å². The van der Waals surface area contributed by atoms with E-state index in [2.05, 4.69) is 24.3 Å². The number of fused-ring (bicyclic) bond motifs is 5. The predicted octanol–water partition coefficient (Wildman–Crippen LogP) is 4.58. The summed E-state index contributed by atoms with van der Waals surface area (Å²) in [6, 6.07) is 0. The predicted molar refractivity (Wildman–Crippen MR) is 71.5 cm³/mol. The highest BCUT2D eigenvalue weighted by atomic mass is 14.5. The normalized spacial score (nSPS) is 51.8. The van der Waals surface area contributed by atoms with E-state index in [4.69, 9.17) is 0 Å². The molecule has 6 atom stereocenters. The van der Waals surface area contributed by atoms with Crippen LogP contribution in [0.4, 0.5) is 0 Å². The van der Waals surface area contributed by atoms with Crippen LogP contribution in [-0.2, 0) is 0 Å². The van der Waals surface area contributed by atoms with Gasteiger partial charge in [-0.3, -0.25) is 0 Å². The lowest BCUT2D eigenvalue weighted by Crippen LogP contribution is -2.33. The lowest BCUT2D eigenvalue weighted by atomic mass is 9.63. The van der Waals surface area contributed by atoms with Gasteiger partial charge in [0, 0.05) is 0 Å². The third-order valence-electron chi connectivity index (χ3n) is 6.06. The summed E-state index contributed by atoms with van der Waals surface area (Å²) in [4.78, 5) is 0. The second-order valence-corrected chi connectivity index (χ2v) is 6.87. The first-order valence-electron chi connectivity index (χ1n) is 7.78. The molecule has 0 aromatic heterocycles. The van der Waals surface area contributed by atoms with Crippen molar-refractivity contribution in [2.45, 2.75) is 44.9 Å². The zero-order valence-electron chi connectivity index (χ0n) is 10.7. The lowest BCUT2D eigenvalue weighted by Gasteiger charge is -2.41. The minimum atomic E-state index is 0.903. The van der Waals surface area contributed by atoms with Crippen molar-refractivity contribution in [1.82, 2.24) is 0 Å². The van der Waals surface area contributed by atoms with Gasteiger partial charge in [-0.15, -0.1) is 0 Å². The van der Waals surface area contributed by atoms with Crippen LogP contribution >= 0.6 is 0 Å². The molecule has 0 aliphatic heterocycles. The Morgan fingerprint density at radius 2 is 1.35 bits per heavy atom. The number of allylic oxidation sites excluding steroid dienone is 4. The molecule has 0 radical (unpaired) electrons. The summed E-state index contributed by atoms with van der Waals surface area (Å²) in [6.07, 6.45) is 20.4. The minimum Gasteiger partial charge on any atom is -0.0805 e. The Labute approximate surface area is 105 Å². The van der Waals surface area contributed by atoms with Gasteiger partial charge in [-0.25, -0.2) is 0 Å². The fraction of sp³-hybridized carbons (Fsp3) is 0.765. The minimum absolute atomic E-state index is 0.903. The van der Waals surface area contributed by atoms with Crippen molar-refractivity contribution < 1.29 is 0 Å². The van der Waals surface area contributed by atoms with Crippen LogP contribution in [0.15, 0.2) is 24.3 Å². The molecule has 0 spiro atoms. The van der Waals surface area contributed by atoms with Gasteiger partial charge in [0.2, 0.25) is 0 Å². The maximum Gasteiger partial charge on any atom is -0.0133 e. The lowest BCUT2D eigenvalue weighted by molar-refractivity contribution is 0.125. The molecule has 3 fully saturated rings. The second-order valence-electron chi connectivity index (χ2n) is 6.87. The number of rotatable bonds is 0. The van der Waals surface area contributed by atoms with Crippen LogP contribution in [-0.4, -0.2) is 0 Å². The Balaban J connectivity index is 1.65. The van der Waals surface area contributed by atoms with Crippen LogP contribution in [0.3, 0.4) is 0 Å². The van der Waals surface area contributed by atoms with Crippen LogP contribution in [0, 0.1) is 35.5 Å². The molecule has 4 rings (SSSR count). The van der Waals surface area contributed by atoms with Crippen molar-refractivity contribution in [2.75, 3.05) is 0 Å². The fourth-order valence-corrected chi connectivity index (χ4v) is 5.10. The quantitative estimate of drug-likeness (QED) is 0.569. The SMILES string of the molecule is C1=CC2C(C=C1)C1CC1CCC1CCCCC12. The zero-order valence-corrected chi connectivity index (χ0v) is 10.7. The molecule has 6 unspecified atom stereocenters. The molecule has 0 aromatic rings. The highest BCUT2D eigenvalue weighted by Crippen LogP contribution is 2.57. The van der Waals surface area contributed by atoms with E-state index in [1.54, 1.807) is 19.3 Å². The molecule has 0 heterocycles. The Hall–Kier alpha value is -0.520. The Kier molecular flexibility index (Phi) is 2.45. The molecular formula is C17H24. The zero-order chi connectivity index (χ0) is 11.2. The molecule has 0 N–H and O–H groups in total. The van der Waals surface area contributed by atoms with Gasteiger partial charge < -0.3 is 0 Å². The summed E-state index contributed by atoms with van der Waals surface area (Å²) in [5.41, 5.74) is 0. The summed E-state index contributed by atoms with van der Waals surface area (Å²) in [6.45, 7) is 0. The maximum absolute atomic E-state index is 2.56. The molecule has 0 aromatic carbocycles. The van der Waals surface area contributed by atoms with Crippen LogP contribution in [0.2, 0.25) is 0 Å². The standard InChI is InChI=1S/C17H24/c1-2-6-14-12(5-1)9-10-13-11-17(13)16-8-4-3-7-15(14)16/h3-4,7-8,12-17H,1-2,5-6,9-11H2. The highest BCUT2D eigenvalue weighted by molar-refractivity contribution is 5.19. The van der Waals surface area contributed by atoms with Crippen molar-refractivity contribution in [1.29, 1.82) is 0 Å². The van der Waals surface area contributed by atoms with E-state index in [1.807, 2.05) is 0 Å². The Morgan fingerprint density at radius 1 is 0.647 bits per heavy atom. The first-order chi connectivity index (χ1) is 8.43. The van der Waals surface area contributed by atoms with Crippen molar-refractivity contribution in [2.24, 2.45) is 35.5 Å². The Bertz CT molecular complexity index is 351. The summed E-state index contributed by atoms with van der Waals surface area (Å²) < 4.78 is 0. The van der Waals surface area contributed by atoms with E-state index in [1.165, 1.54) is 25.7 Å². The molecule has 4 aliphatic rings. The largest absolute Gasteiger partial charge is 0.0805 e. The monoisotopic (exact) mass is 228 g/mol. The van der Waals surface area contributed by atoms with Gasteiger partial charge >= 0.3 is 0 Å². The van der Waals surface area contributed by atoms with Gasteiger partial charge in [0.15, 0.2) is 0 Å². The first-order valence-corrected chi connectivity index (χ1v) is 7.78. The van der Waals surface area contributed by atoms with Crippen molar-refractivity contribution in [3.63, 3.8) is 0 Å². The van der Waals surface area contributed by atoms with E-state index in [9.17, 15) is 0 Å². The molecule has 0 bridgehead atoms. The first kappa shape index (κ1) is 10.4. The number of hydrogen-bond donors (Lipinski definition) is 0. The number of hydrogen-bond acceptors (Lipinski definition) is 0. The van der Waals surface area contributed by atoms with Crippen molar-refractivity contribution in [3.05, 3.63) is 24.3 Å². The smallest absolute Gasteiger partial charge is 0.0133 e. The molecule has 4 aliphatic carbocycles. The van der Waals surface area contributed by atoms with Gasteiger partial charge in [0.1, 0.15) is 0 Å². The van der Waals surface area contributed by atoms with E-state index >= 15 is 0 Å². The Morgan fingerprint density at radius 3 is 2.24 bits per heavy atom. The van der Waals surface area contributed by atoms with E-state index in [-0.39, 0.29) is 0 Å². The summed E-state index contributed by atoms with van der Waals surface area (Å²) in [7, 11) is 0. The van der Waals surface area contributed by atoms with Gasteiger partial charge in [-0.05, 0) is 61.2 Å². The molecule has 92 valence electrons. The van der Waals surface area contributed by atoms with E-state index in [0.29, 0.717) is 0 Å². The summed E-state index contributed by atoms with van der Waals surface area (Å²) in [5, 5.41) is 0. The highest BCUT2D eigenvalue weighted by Gasteiger charge is 2.49. The van der Waals surface area contributed by atoms with Gasteiger partial charge in [-0.1, -0.05) is 43.6 Å². The maximum atomic E-state index is 2.56. The summed E-state index contributed by atoms with van der Waals surface area (Å²) in [5.74, 6) is 6.06. The average Bonchev–Trinajstić information content (AvgIpc) is 3.14. The molecule has 17 heavy (non-hydrogen) atoms. The molecule has 0 amide bonds. The van der Waals surface area contributed by atoms with E-state index in [0.717, 1.165) is 35.5 Å².